The summed E-state index contributed by atoms with van der Waals surface area (Å²) in [4.78, 5) is 58.9. The summed E-state index contributed by atoms with van der Waals surface area (Å²) in [6.07, 6.45) is 7.84. The van der Waals surface area contributed by atoms with Crippen molar-refractivity contribution in [2.24, 2.45) is 11.8 Å². The van der Waals surface area contributed by atoms with E-state index in [2.05, 4.69) is 37.3 Å². The fourth-order valence-electron chi connectivity index (χ4n) is 4.81. The van der Waals surface area contributed by atoms with Gasteiger partial charge in [-0.05, 0) is 42.9 Å². The van der Waals surface area contributed by atoms with Crippen LogP contribution in [0.1, 0.15) is 48.2 Å². The lowest BCUT2D eigenvalue weighted by atomic mass is 9.91. The molecule has 2 heterocycles. The Balaban J connectivity index is 1.50. The summed E-state index contributed by atoms with van der Waals surface area (Å²) in [5.41, 5.74) is -0.741. The highest BCUT2D eigenvalue weighted by molar-refractivity contribution is 5.96. The molecule has 4 rings (SSSR count). The van der Waals surface area contributed by atoms with Crippen LogP contribution in [-0.4, -0.2) is 64.7 Å². The fraction of sp³-hybridized carbons (Fsp3) is 0.464. The zero-order chi connectivity index (χ0) is 28.5. The number of nitrogens with zero attached hydrogens (tertiary/aromatic N) is 3. The SMILES string of the molecule is N#C[C@H](C[C@@H]1CCNC1=O)NC[C@@](C=O)(CC1CC1)NC(=O)[C@H](Cc1ccc(F)cc1)NC(=O)c1cnccn1. The molecule has 2 aromatic rings. The van der Waals surface area contributed by atoms with Gasteiger partial charge < -0.3 is 20.7 Å². The highest BCUT2D eigenvalue weighted by Gasteiger charge is 2.40. The zero-order valence-corrected chi connectivity index (χ0v) is 21.9. The molecule has 1 saturated heterocycles. The molecule has 1 aliphatic carbocycles. The first-order chi connectivity index (χ1) is 19.3. The van der Waals surface area contributed by atoms with Crippen LogP contribution in [0.5, 0.6) is 0 Å². The summed E-state index contributed by atoms with van der Waals surface area (Å²) < 4.78 is 13.5. The number of aldehydes is 1. The van der Waals surface area contributed by atoms with Crippen molar-refractivity contribution in [3.8, 4) is 6.07 Å². The molecular weight excluding hydrogens is 517 g/mol. The van der Waals surface area contributed by atoms with E-state index in [0.29, 0.717) is 31.2 Å². The van der Waals surface area contributed by atoms with Gasteiger partial charge >= 0.3 is 0 Å². The molecule has 0 unspecified atom stereocenters. The van der Waals surface area contributed by atoms with Gasteiger partial charge in [0, 0.05) is 37.8 Å². The van der Waals surface area contributed by atoms with E-state index in [1.54, 1.807) is 0 Å². The van der Waals surface area contributed by atoms with Gasteiger partial charge in [-0.2, -0.15) is 5.26 Å². The minimum atomic E-state index is -1.34. The highest BCUT2D eigenvalue weighted by Crippen LogP contribution is 2.36. The van der Waals surface area contributed by atoms with E-state index in [1.165, 1.54) is 42.9 Å². The van der Waals surface area contributed by atoms with Crippen LogP contribution in [0.4, 0.5) is 4.39 Å². The molecule has 210 valence electrons. The number of halogens is 1. The summed E-state index contributed by atoms with van der Waals surface area (Å²) >= 11 is 0. The highest BCUT2D eigenvalue weighted by atomic mass is 19.1. The smallest absolute Gasteiger partial charge is 0.272 e. The summed E-state index contributed by atoms with van der Waals surface area (Å²) in [5, 5.41) is 21.0. The molecule has 0 bridgehead atoms. The van der Waals surface area contributed by atoms with Gasteiger partial charge in [-0.1, -0.05) is 25.0 Å². The Morgan fingerprint density at radius 1 is 1.23 bits per heavy atom. The van der Waals surface area contributed by atoms with E-state index in [4.69, 9.17) is 0 Å². The van der Waals surface area contributed by atoms with Gasteiger partial charge in [0.15, 0.2) is 0 Å². The fourth-order valence-corrected chi connectivity index (χ4v) is 4.81. The second-order valence-electron chi connectivity index (χ2n) is 10.4. The number of rotatable bonds is 14. The summed E-state index contributed by atoms with van der Waals surface area (Å²) in [6.45, 7) is 0.542. The number of nitrogens with one attached hydrogen (secondary N) is 4. The lowest BCUT2D eigenvalue weighted by molar-refractivity contribution is -0.128. The number of carbonyl (C=O) groups is 4. The van der Waals surface area contributed by atoms with Gasteiger partial charge in [0.1, 0.15) is 29.4 Å². The Hall–Kier alpha value is -4.24. The molecule has 1 aliphatic heterocycles. The van der Waals surface area contributed by atoms with Gasteiger partial charge in [-0.15, -0.1) is 0 Å². The number of hydrogen-bond donors (Lipinski definition) is 4. The number of aromatic nitrogens is 2. The van der Waals surface area contributed by atoms with Crippen molar-refractivity contribution in [2.75, 3.05) is 13.1 Å². The van der Waals surface area contributed by atoms with Crippen molar-refractivity contribution < 1.29 is 23.6 Å². The van der Waals surface area contributed by atoms with Crippen LogP contribution >= 0.6 is 0 Å². The third-order valence-corrected chi connectivity index (χ3v) is 7.22. The molecule has 4 N–H and O–H groups in total. The lowest BCUT2D eigenvalue weighted by Crippen LogP contribution is -2.61. The van der Waals surface area contributed by atoms with Gasteiger partial charge in [0.2, 0.25) is 11.8 Å². The van der Waals surface area contributed by atoms with Crippen LogP contribution in [0, 0.1) is 29.0 Å². The van der Waals surface area contributed by atoms with Gasteiger partial charge in [0.05, 0.1) is 18.3 Å². The van der Waals surface area contributed by atoms with Crippen molar-refractivity contribution in [2.45, 2.75) is 56.1 Å². The molecule has 40 heavy (non-hydrogen) atoms. The van der Waals surface area contributed by atoms with E-state index in [1.807, 2.05) is 0 Å². The standard InChI is InChI=1S/C28H32FN7O4/c29-21-5-3-18(4-6-21)11-23(35-26(39)24-15-31-9-10-32-24)27(40)36-28(17-37,13-19-1-2-19)16-34-22(14-30)12-20-7-8-33-25(20)38/h3-6,9-10,15,17,19-20,22-23,34H,1-2,7-8,11-13,16H2,(H,33,38)(H,35,39)(H,36,40)/t20-,22-,23-,28+/m0/s1. The maximum Gasteiger partial charge on any atom is 0.272 e. The zero-order valence-electron chi connectivity index (χ0n) is 21.9. The molecule has 3 amide bonds. The second-order valence-corrected chi connectivity index (χ2v) is 10.4. The monoisotopic (exact) mass is 549 g/mol. The number of carbonyl (C=O) groups excluding carboxylic acids is 4. The predicted molar refractivity (Wildman–Crippen MR) is 141 cm³/mol. The van der Waals surface area contributed by atoms with Crippen LogP contribution in [0.3, 0.4) is 0 Å². The predicted octanol–water partition coefficient (Wildman–Crippen LogP) is 0.819. The summed E-state index contributed by atoms with van der Waals surface area (Å²) in [5.74, 6) is -1.84. The molecule has 2 aliphatic rings. The molecule has 0 spiro atoms. The third-order valence-electron chi connectivity index (χ3n) is 7.22. The lowest BCUT2D eigenvalue weighted by Gasteiger charge is -2.33. The maximum atomic E-state index is 13.7. The minimum absolute atomic E-state index is 0.00788. The van der Waals surface area contributed by atoms with E-state index in [0.717, 1.165) is 12.8 Å². The Morgan fingerprint density at radius 2 is 2.00 bits per heavy atom. The van der Waals surface area contributed by atoms with E-state index in [-0.39, 0.29) is 42.8 Å². The molecule has 1 aromatic heterocycles. The first-order valence-corrected chi connectivity index (χ1v) is 13.3. The molecule has 1 aromatic carbocycles. The van der Waals surface area contributed by atoms with E-state index < -0.39 is 35.3 Å². The van der Waals surface area contributed by atoms with Crippen molar-refractivity contribution in [3.63, 3.8) is 0 Å². The van der Waals surface area contributed by atoms with E-state index in [9.17, 15) is 28.8 Å². The molecule has 11 nitrogen and oxygen atoms in total. The van der Waals surface area contributed by atoms with E-state index >= 15 is 0 Å². The Labute approximate surface area is 231 Å². The second kappa shape index (κ2) is 13.2. The van der Waals surface area contributed by atoms with Crippen molar-refractivity contribution in [1.82, 2.24) is 31.2 Å². The molecule has 0 radical (unpaired) electrons. The first-order valence-electron chi connectivity index (χ1n) is 13.3. The first kappa shape index (κ1) is 28.8. The minimum Gasteiger partial charge on any atom is -0.356 e. The normalized spacial score (nSPS) is 19.4. The number of hydrogen-bond acceptors (Lipinski definition) is 8. The van der Waals surface area contributed by atoms with Crippen LogP contribution in [-0.2, 0) is 20.8 Å². The molecule has 4 atom stereocenters. The largest absolute Gasteiger partial charge is 0.356 e. The number of benzene rings is 1. The molecule has 12 heteroatoms. The molecule has 1 saturated carbocycles. The van der Waals surface area contributed by atoms with Crippen LogP contribution in [0.15, 0.2) is 42.9 Å². The van der Waals surface area contributed by atoms with Gasteiger partial charge in [-0.25, -0.2) is 9.37 Å². The summed E-state index contributed by atoms with van der Waals surface area (Å²) in [6, 6.07) is 5.88. The maximum absolute atomic E-state index is 13.7. The summed E-state index contributed by atoms with van der Waals surface area (Å²) in [7, 11) is 0. The van der Waals surface area contributed by atoms with Crippen molar-refractivity contribution in [3.05, 3.63) is 59.9 Å². The number of amides is 3. The van der Waals surface area contributed by atoms with Gasteiger partial charge in [-0.3, -0.25) is 24.7 Å². The average molecular weight is 550 g/mol. The van der Waals surface area contributed by atoms with Crippen LogP contribution < -0.4 is 21.3 Å². The Kier molecular flexibility index (Phi) is 9.50. The Morgan fingerprint density at radius 3 is 2.60 bits per heavy atom. The van der Waals surface area contributed by atoms with Crippen LogP contribution in [0.2, 0.25) is 0 Å². The third kappa shape index (κ3) is 7.89. The van der Waals surface area contributed by atoms with Crippen molar-refractivity contribution >= 4 is 24.0 Å². The molecular formula is C28H32FN7O4. The van der Waals surface area contributed by atoms with Gasteiger partial charge in [0.25, 0.3) is 5.91 Å². The van der Waals surface area contributed by atoms with Crippen molar-refractivity contribution in [1.29, 1.82) is 5.26 Å². The van der Waals surface area contributed by atoms with Crippen LogP contribution in [0.25, 0.3) is 0 Å². The average Bonchev–Trinajstić information content (AvgIpc) is 3.69. The topological polar surface area (TPSA) is 166 Å². The number of nitriles is 1. The molecule has 2 fully saturated rings. The quantitative estimate of drug-likeness (QED) is 0.251. The Bertz CT molecular complexity index is 1250.